The highest BCUT2D eigenvalue weighted by Gasteiger charge is 2.28. The smallest absolute Gasteiger partial charge is 0.410 e. The number of hydrogen-bond acceptors (Lipinski definition) is 3. The van der Waals surface area contributed by atoms with E-state index in [-0.39, 0.29) is 17.9 Å². The average Bonchev–Trinajstić information content (AvgIpc) is 2.89. The Hall–Kier alpha value is -2.04. The van der Waals surface area contributed by atoms with Crippen molar-refractivity contribution in [3.63, 3.8) is 0 Å². The summed E-state index contributed by atoms with van der Waals surface area (Å²) in [5.41, 5.74) is 0. The Morgan fingerprint density at radius 3 is 2.25 bits per heavy atom. The molecule has 1 aliphatic carbocycles. The van der Waals surface area contributed by atoms with Crippen molar-refractivity contribution < 1.29 is 14.3 Å². The fourth-order valence-electron chi connectivity index (χ4n) is 3.58. The summed E-state index contributed by atoms with van der Waals surface area (Å²) in [6.07, 6.45) is 6.11. The third kappa shape index (κ3) is 4.28. The van der Waals surface area contributed by atoms with Crippen LogP contribution in [0.3, 0.4) is 0 Å². The van der Waals surface area contributed by atoms with Crippen LogP contribution in [0, 0.1) is 5.92 Å². The molecule has 5 nitrogen and oxygen atoms in total. The molecule has 1 saturated carbocycles. The summed E-state index contributed by atoms with van der Waals surface area (Å²) in [6.45, 7) is 2.54. The Morgan fingerprint density at radius 2 is 1.50 bits per heavy atom. The van der Waals surface area contributed by atoms with Gasteiger partial charge >= 0.3 is 6.09 Å². The molecule has 0 N–H and O–H groups in total. The van der Waals surface area contributed by atoms with Crippen molar-refractivity contribution in [3.8, 4) is 5.75 Å². The first-order chi connectivity index (χ1) is 11.7. The molecular formula is C19H26N2O3. The lowest BCUT2D eigenvalue weighted by molar-refractivity contribution is -0.136. The van der Waals surface area contributed by atoms with Crippen LogP contribution in [0.25, 0.3) is 0 Å². The summed E-state index contributed by atoms with van der Waals surface area (Å²) >= 11 is 0. The minimum Gasteiger partial charge on any atom is -0.410 e. The number of benzene rings is 1. The lowest BCUT2D eigenvalue weighted by atomic mass is 9.88. The molecule has 2 aliphatic rings. The zero-order valence-electron chi connectivity index (χ0n) is 14.2. The molecule has 1 aliphatic heterocycles. The minimum absolute atomic E-state index is 0.196. The summed E-state index contributed by atoms with van der Waals surface area (Å²) in [6, 6.07) is 9.12. The molecule has 0 bridgehead atoms. The number of carbonyl (C=O) groups excluding carboxylic acids is 2. The van der Waals surface area contributed by atoms with Gasteiger partial charge in [0.2, 0.25) is 5.91 Å². The Morgan fingerprint density at radius 1 is 0.833 bits per heavy atom. The van der Waals surface area contributed by atoms with Crippen molar-refractivity contribution in [1.82, 2.24) is 9.80 Å². The van der Waals surface area contributed by atoms with E-state index in [0.717, 1.165) is 25.8 Å². The van der Waals surface area contributed by atoms with Crippen molar-refractivity contribution in [3.05, 3.63) is 30.3 Å². The predicted molar refractivity (Wildman–Crippen MR) is 91.8 cm³/mol. The van der Waals surface area contributed by atoms with Gasteiger partial charge in [0.15, 0.2) is 0 Å². The highest BCUT2D eigenvalue weighted by Crippen LogP contribution is 2.26. The Balaban J connectivity index is 1.52. The molecule has 0 aromatic heterocycles. The number of carbonyl (C=O) groups is 2. The summed E-state index contributed by atoms with van der Waals surface area (Å²) in [4.78, 5) is 28.6. The monoisotopic (exact) mass is 330 g/mol. The second kappa shape index (κ2) is 8.18. The molecule has 3 rings (SSSR count). The van der Waals surface area contributed by atoms with Crippen LogP contribution in [-0.2, 0) is 4.79 Å². The van der Waals surface area contributed by atoms with E-state index in [4.69, 9.17) is 4.74 Å². The molecule has 0 radical (unpaired) electrons. The van der Waals surface area contributed by atoms with E-state index in [1.54, 1.807) is 17.0 Å². The first-order valence-corrected chi connectivity index (χ1v) is 9.04. The normalized spacial score (nSPS) is 19.7. The van der Waals surface area contributed by atoms with E-state index in [1.165, 1.54) is 19.3 Å². The van der Waals surface area contributed by atoms with Gasteiger partial charge < -0.3 is 14.5 Å². The first kappa shape index (κ1) is 16.8. The number of ether oxygens (including phenoxy) is 1. The van der Waals surface area contributed by atoms with Crippen LogP contribution in [0.1, 0.15) is 38.5 Å². The maximum Gasteiger partial charge on any atom is 0.415 e. The number of nitrogens with zero attached hydrogens (tertiary/aromatic N) is 2. The molecule has 2 amide bonds. The van der Waals surface area contributed by atoms with Gasteiger partial charge in [0.25, 0.3) is 0 Å². The molecule has 1 aromatic carbocycles. The molecule has 24 heavy (non-hydrogen) atoms. The highest BCUT2D eigenvalue weighted by atomic mass is 16.6. The lowest BCUT2D eigenvalue weighted by Crippen LogP contribution is -2.41. The Bertz CT molecular complexity index is 555. The lowest BCUT2D eigenvalue weighted by Gasteiger charge is -2.28. The van der Waals surface area contributed by atoms with Gasteiger partial charge in [-0.25, -0.2) is 4.79 Å². The zero-order valence-corrected chi connectivity index (χ0v) is 14.2. The van der Waals surface area contributed by atoms with Crippen LogP contribution < -0.4 is 4.74 Å². The van der Waals surface area contributed by atoms with Crippen molar-refractivity contribution in [2.75, 3.05) is 26.2 Å². The van der Waals surface area contributed by atoms with Crippen LogP contribution in [0.15, 0.2) is 30.3 Å². The predicted octanol–water partition coefficient (Wildman–Crippen LogP) is 3.30. The molecule has 0 unspecified atom stereocenters. The zero-order chi connectivity index (χ0) is 16.8. The van der Waals surface area contributed by atoms with Crippen molar-refractivity contribution >= 4 is 12.0 Å². The minimum atomic E-state index is -0.326. The summed E-state index contributed by atoms with van der Waals surface area (Å²) in [7, 11) is 0. The van der Waals surface area contributed by atoms with Crippen LogP contribution in [0.5, 0.6) is 5.75 Å². The molecule has 130 valence electrons. The largest absolute Gasteiger partial charge is 0.415 e. The molecule has 1 aromatic rings. The van der Waals surface area contributed by atoms with Crippen LogP contribution >= 0.6 is 0 Å². The van der Waals surface area contributed by atoms with E-state index in [0.29, 0.717) is 25.4 Å². The fourth-order valence-corrected chi connectivity index (χ4v) is 3.58. The van der Waals surface area contributed by atoms with Crippen molar-refractivity contribution in [2.45, 2.75) is 38.5 Å². The van der Waals surface area contributed by atoms with Crippen LogP contribution in [0.4, 0.5) is 4.79 Å². The van der Waals surface area contributed by atoms with E-state index < -0.39 is 0 Å². The number of amides is 2. The molecule has 1 saturated heterocycles. The molecule has 2 fully saturated rings. The third-order valence-electron chi connectivity index (χ3n) is 4.97. The maximum atomic E-state index is 12.7. The molecule has 0 atom stereocenters. The second-order valence-electron chi connectivity index (χ2n) is 6.68. The molecule has 5 heteroatoms. The van der Waals surface area contributed by atoms with Gasteiger partial charge in [-0.15, -0.1) is 0 Å². The van der Waals surface area contributed by atoms with E-state index >= 15 is 0 Å². The SMILES string of the molecule is O=C(Oc1ccccc1)N1CCCN(C(=O)C2CCCCC2)CC1. The average molecular weight is 330 g/mol. The number of rotatable bonds is 2. The number of para-hydroxylation sites is 1. The molecular weight excluding hydrogens is 304 g/mol. The summed E-state index contributed by atoms with van der Waals surface area (Å²) in [5.74, 6) is 1.04. The van der Waals surface area contributed by atoms with E-state index in [1.807, 2.05) is 23.1 Å². The molecule has 0 spiro atoms. The second-order valence-corrected chi connectivity index (χ2v) is 6.68. The van der Waals surface area contributed by atoms with Gasteiger partial charge in [0.1, 0.15) is 5.75 Å². The molecule has 1 heterocycles. The Labute approximate surface area is 143 Å². The van der Waals surface area contributed by atoms with Crippen molar-refractivity contribution in [1.29, 1.82) is 0 Å². The van der Waals surface area contributed by atoms with Gasteiger partial charge in [-0.3, -0.25) is 4.79 Å². The van der Waals surface area contributed by atoms with E-state index in [9.17, 15) is 9.59 Å². The van der Waals surface area contributed by atoms with Gasteiger partial charge in [0, 0.05) is 32.1 Å². The maximum absolute atomic E-state index is 12.7. The van der Waals surface area contributed by atoms with Gasteiger partial charge in [0.05, 0.1) is 0 Å². The third-order valence-corrected chi connectivity index (χ3v) is 4.97. The standard InChI is InChI=1S/C19H26N2O3/c22-18(16-8-3-1-4-9-16)20-12-7-13-21(15-14-20)19(23)24-17-10-5-2-6-11-17/h2,5-6,10-11,16H,1,3-4,7-9,12-15H2. The quantitative estimate of drug-likeness (QED) is 0.836. The van der Waals surface area contributed by atoms with Gasteiger partial charge in [-0.05, 0) is 31.4 Å². The van der Waals surface area contributed by atoms with Gasteiger partial charge in [-0.2, -0.15) is 0 Å². The topological polar surface area (TPSA) is 49.9 Å². The van der Waals surface area contributed by atoms with Crippen LogP contribution in [0.2, 0.25) is 0 Å². The number of hydrogen-bond donors (Lipinski definition) is 0. The van der Waals surface area contributed by atoms with Crippen LogP contribution in [-0.4, -0.2) is 48.0 Å². The summed E-state index contributed by atoms with van der Waals surface area (Å²) in [5, 5.41) is 0. The Kier molecular flexibility index (Phi) is 5.72. The fraction of sp³-hybridized carbons (Fsp3) is 0.579. The van der Waals surface area contributed by atoms with Crippen molar-refractivity contribution in [2.24, 2.45) is 5.92 Å². The summed E-state index contributed by atoms with van der Waals surface area (Å²) < 4.78 is 5.40. The first-order valence-electron chi connectivity index (χ1n) is 9.04. The highest BCUT2D eigenvalue weighted by molar-refractivity contribution is 5.79. The van der Waals surface area contributed by atoms with Gasteiger partial charge in [-0.1, -0.05) is 37.5 Å². The van der Waals surface area contributed by atoms with E-state index in [2.05, 4.69) is 0 Å².